The fourth-order valence-electron chi connectivity index (χ4n) is 1.44. The van der Waals surface area contributed by atoms with Crippen LogP contribution in [0.25, 0.3) is 0 Å². The van der Waals surface area contributed by atoms with Gasteiger partial charge in [0.25, 0.3) is 0 Å². The van der Waals surface area contributed by atoms with Crippen molar-refractivity contribution in [3.8, 4) is 0 Å². The molecule has 1 aliphatic heterocycles. The molecule has 0 aromatic rings. The summed E-state index contributed by atoms with van der Waals surface area (Å²) < 4.78 is 5.22. The van der Waals surface area contributed by atoms with E-state index in [1.165, 1.54) is 6.42 Å². The third-order valence-corrected chi connectivity index (χ3v) is 2.24. The molecule has 2 nitrogen and oxygen atoms in total. The van der Waals surface area contributed by atoms with Crippen LogP contribution < -0.4 is 0 Å². The summed E-state index contributed by atoms with van der Waals surface area (Å²) in [6.07, 6.45) is 10.6. The van der Waals surface area contributed by atoms with E-state index in [1.807, 2.05) is 0 Å². The van der Waals surface area contributed by atoms with Crippen LogP contribution in [0, 0.1) is 0 Å². The summed E-state index contributed by atoms with van der Waals surface area (Å²) in [7, 11) is 0. The van der Waals surface area contributed by atoms with Crippen molar-refractivity contribution < 1.29 is 9.53 Å². The molecular formula is C11H18O2. The van der Waals surface area contributed by atoms with Gasteiger partial charge in [-0.2, -0.15) is 0 Å². The van der Waals surface area contributed by atoms with E-state index in [9.17, 15) is 4.79 Å². The highest BCUT2D eigenvalue weighted by Gasteiger charge is 2.01. The van der Waals surface area contributed by atoms with Gasteiger partial charge in [0, 0.05) is 12.8 Å². The van der Waals surface area contributed by atoms with Crippen LogP contribution in [-0.4, -0.2) is 12.4 Å². The van der Waals surface area contributed by atoms with E-state index in [2.05, 4.69) is 6.08 Å². The second-order valence-electron chi connectivity index (χ2n) is 3.48. The van der Waals surface area contributed by atoms with Crippen molar-refractivity contribution in [1.29, 1.82) is 0 Å². The van der Waals surface area contributed by atoms with Crippen LogP contribution in [0.15, 0.2) is 12.3 Å². The van der Waals surface area contributed by atoms with Gasteiger partial charge in [0.2, 0.25) is 0 Å². The van der Waals surface area contributed by atoms with Gasteiger partial charge in [-0.1, -0.05) is 6.42 Å². The maximum absolute atomic E-state index is 11.2. The van der Waals surface area contributed by atoms with Crippen LogP contribution in [0.2, 0.25) is 0 Å². The minimum absolute atomic E-state index is 0.396. The van der Waals surface area contributed by atoms with E-state index in [1.54, 1.807) is 6.26 Å². The summed E-state index contributed by atoms with van der Waals surface area (Å²) in [6, 6.07) is 0. The molecule has 0 aliphatic carbocycles. The van der Waals surface area contributed by atoms with Gasteiger partial charge < -0.3 is 4.74 Å². The van der Waals surface area contributed by atoms with E-state index >= 15 is 0 Å². The Morgan fingerprint density at radius 3 is 2.85 bits per heavy atom. The number of rotatable bonds is 0. The van der Waals surface area contributed by atoms with Gasteiger partial charge in [0.15, 0.2) is 0 Å². The number of hydrogen-bond acceptors (Lipinski definition) is 2. The number of hydrogen-bond donors (Lipinski definition) is 0. The Morgan fingerprint density at radius 1 is 1.08 bits per heavy atom. The molecule has 0 unspecified atom stereocenters. The maximum Gasteiger partial charge on any atom is 0.133 e. The highest BCUT2D eigenvalue weighted by atomic mass is 16.5. The first-order valence-corrected chi connectivity index (χ1v) is 5.18. The average molecular weight is 182 g/mol. The highest BCUT2D eigenvalue weighted by molar-refractivity contribution is 5.78. The van der Waals surface area contributed by atoms with Crippen molar-refractivity contribution in [2.45, 2.75) is 44.9 Å². The standard InChI is InChI=1S/C11H18O2/c12-11-7-4-2-1-3-5-9-13-10-6-8-11/h5,9H,1-4,6-8,10H2/b9-5-. The van der Waals surface area contributed by atoms with Crippen LogP contribution in [0.4, 0.5) is 0 Å². The fraction of sp³-hybridized carbons (Fsp3) is 0.727. The Balaban J connectivity index is 2.24. The molecule has 0 fully saturated rings. The molecule has 0 saturated heterocycles. The number of carbonyl (C=O) groups excluding carboxylic acids is 1. The van der Waals surface area contributed by atoms with Gasteiger partial charge in [-0.3, -0.25) is 4.79 Å². The van der Waals surface area contributed by atoms with E-state index < -0.39 is 0 Å². The largest absolute Gasteiger partial charge is 0.502 e. The summed E-state index contributed by atoms with van der Waals surface area (Å²) in [6.45, 7) is 0.683. The first kappa shape index (κ1) is 10.3. The second kappa shape index (κ2) is 6.70. The zero-order valence-corrected chi connectivity index (χ0v) is 8.13. The SMILES string of the molecule is O=C1CCCCC/C=C\OCCC1. The van der Waals surface area contributed by atoms with Crippen LogP contribution in [0.1, 0.15) is 44.9 Å². The number of ketones is 1. The fourth-order valence-corrected chi connectivity index (χ4v) is 1.44. The lowest BCUT2D eigenvalue weighted by molar-refractivity contribution is -0.119. The van der Waals surface area contributed by atoms with Gasteiger partial charge >= 0.3 is 0 Å². The molecule has 0 bridgehead atoms. The van der Waals surface area contributed by atoms with Crippen LogP contribution in [-0.2, 0) is 9.53 Å². The molecule has 0 atom stereocenters. The van der Waals surface area contributed by atoms with Crippen LogP contribution in [0.5, 0.6) is 0 Å². The Labute approximate surface area is 80.0 Å². The summed E-state index contributed by atoms with van der Waals surface area (Å²) in [5, 5.41) is 0. The molecule has 1 aliphatic rings. The third kappa shape index (κ3) is 5.45. The summed E-state index contributed by atoms with van der Waals surface area (Å²) in [5.41, 5.74) is 0. The Hall–Kier alpha value is -0.790. The quantitative estimate of drug-likeness (QED) is 0.576. The Bertz CT molecular complexity index is 173. The smallest absolute Gasteiger partial charge is 0.133 e. The van der Waals surface area contributed by atoms with Gasteiger partial charge in [-0.15, -0.1) is 0 Å². The first-order chi connectivity index (χ1) is 6.39. The van der Waals surface area contributed by atoms with E-state index in [-0.39, 0.29) is 0 Å². The Kier molecular flexibility index (Phi) is 5.30. The summed E-state index contributed by atoms with van der Waals surface area (Å²) in [5.74, 6) is 0.396. The third-order valence-electron chi connectivity index (χ3n) is 2.24. The average Bonchev–Trinajstić information content (AvgIpc) is 2.11. The lowest BCUT2D eigenvalue weighted by Gasteiger charge is -2.03. The molecule has 0 aromatic heterocycles. The maximum atomic E-state index is 11.2. The van der Waals surface area contributed by atoms with E-state index in [0.29, 0.717) is 18.8 Å². The zero-order valence-electron chi connectivity index (χ0n) is 8.13. The van der Waals surface area contributed by atoms with Crippen LogP contribution >= 0.6 is 0 Å². The molecule has 0 radical (unpaired) electrons. The summed E-state index contributed by atoms with van der Waals surface area (Å²) in [4.78, 5) is 11.2. The second-order valence-corrected chi connectivity index (χ2v) is 3.48. The molecule has 0 spiro atoms. The lowest BCUT2D eigenvalue weighted by Crippen LogP contribution is -2.00. The van der Waals surface area contributed by atoms with Crippen molar-refractivity contribution in [3.05, 3.63) is 12.3 Å². The Morgan fingerprint density at radius 2 is 1.92 bits per heavy atom. The first-order valence-electron chi connectivity index (χ1n) is 5.18. The predicted molar refractivity (Wildman–Crippen MR) is 52.4 cm³/mol. The molecular weight excluding hydrogens is 164 g/mol. The monoisotopic (exact) mass is 182 g/mol. The highest BCUT2D eigenvalue weighted by Crippen LogP contribution is 2.07. The van der Waals surface area contributed by atoms with E-state index in [4.69, 9.17) is 4.74 Å². The number of ether oxygens (including phenoxy) is 1. The van der Waals surface area contributed by atoms with Gasteiger partial charge in [0.05, 0.1) is 12.9 Å². The molecule has 1 rings (SSSR count). The minimum atomic E-state index is 0.396. The molecule has 13 heavy (non-hydrogen) atoms. The molecule has 0 amide bonds. The number of allylic oxidation sites excluding steroid dienone is 1. The predicted octanol–water partition coefficient (Wildman–Crippen LogP) is 2.83. The van der Waals surface area contributed by atoms with Gasteiger partial charge in [-0.05, 0) is 31.8 Å². The molecule has 1 heterocycles. The zero-order chi connectivity index (χ0) is 9.36. The van der Waals surface area contributed by atoms with Gasteiger partial charge in [0.1, 0.15) is 5.78 Å². The van der Waals surface area contributed by atoms with E-state index in [0.717, 1.165) is 32.1 Å². The van der Waals surface area contributed by atoms with Crippen LogP contribution in [0.3, 0.4) is 0 Å². The number of Topliss-reactive ketones (excluding diaryl/α,β-unsaturated/α-hetero) is 1. The minimum Gasteiger partial charge on any atom is -0.502 e. The van der Waals surface area contributed by atoms with Crippen molar-refractivity contribution in [2.75, 3.05) is 6.61 Å². The normalized spacial score (nSPS) is 23.8. The van der Waals surface area contributed by atoms with Gasteiger partial charge in [-0.25, -0.2) is 0 Å². The molecule has 74 valence electrons. The number of carbonyl (C=O) groups is 1. The molecule has 2 heteroatoms. The molecule has 0 saturated carbocycles. The van der Waals surface area contributed by atoms with Crippen molar-refractivity contribution >= 4 is 5.78 Å². The molecule has 0 aromatic carbocycles. The van der Waals surface area contributed by atoms with Crippen molar-refractivity contribution in [3.63, 3.8) is 0 Å². The van der Waals surface area contributed by atoms with Crippen molar-refractivity contribution in [1.82, 2.24) is 0 Å². The van der Waals surface area contributed by atoms with Crippen molar-refractivity contribution in [2.24, 2.45) is 0 Å². The lowest BCUT2D eigenvalue weighted by atomic mass is 10.1. The molecule has 0 N–H and O–H groups in total. The topological polar surface area (TPSA) is 26.3 Å². The summed E-state index contributed by atoms with van der Waals surface area (Å²) >= 11 is 0.